The molecule has 0 bridgehead atoms. The number of benzene rings is 1. The molecule has 0 saturated heterocycles. The highest BCUT2D eigenvalue weighted by molar-refractivity contribution is 5.94. The van der Waals surface area contributed by atoms with Gasteiger partial charge in [-0.1, -0.05) is 12.1 Å². The Morgan fingerprint density at radius 2 is 1.84 bits per heavy atom. The van der Waals surface area contributed by atoms with Crippen LogP contribution in [0.1, 0.15) is 27.6 Å². The number of ether oxygens (including phenoxy) is 2. The Kier molecular flexibility index (Phi) is 7.46. The summed E-state index contributed by atoms with van der Waals surface area (Å²) in [7, 11) is 0. The highest BCUT2D eigenvalue weighted by atomic mass is 16.5. The lowest BCUT2D eigenvalue weighted by atomic mass is 10.1. The van der Waals surface area contributed by atoms with Crippen LogP contribution in [-0.2, 0) is 9.47 Å². The highest BCUT2D eigenvalue weighted by Gasteiger charge is 2.04. The standard InChI is InChI=1S/C14H19NO4/c1-2-18-9-10-19-8-7-15-14(17)13-5-3-12(11-16)4-6-13/h3-6,11H,2,7-10H2,1H3,(H,15,17). The van der Waals surface area contributed by atoms with E-state index < -0.39 is 0 Å². The first-order valence-corrected chi connectivity index (χ1v) is 6.27. The van der Waals surface area contributed by atoms with Gasteiger partial charge in [0, 0.05) is 24.3 Å². The van der Waals surface area contributed by atoms with E-state index in [9.17, 15) is 9.59 Å². The number of amides is 1. The van der Waals surface area contributed by atoms with Crippen molar-refractivity contribution in [2.24, 2.45) is 0 Å². The number of rotatable bonds is 9. The molecular weight excluding hydrogens is 246 g/mol. The van der Waals surface area contributed by atoms with Gasteiger partial charge in [-0.2, -0.15) is 0 Å². The predicted octanol–water partition coefficient (Wildman–Crippen LogP) is 1.28. The minimum atomic E-state index is -0.175. The van der Waals surface area contributed by atoms with Crippen molar-refractivity contribution >= 4 is 12.2 Å². The Morgan fingerprint density at radius 1 is 1.16 bits per heavy atom. The van der Waals surface area contributed by atoms with E-state index in [-0.39, 0.29) is 5.91 Å². The zero-order valence-electron chi connectivity index (χ0n) is 11.1. The van der Waals surface area contributed by atoms with E-state index in [4.69, 9.17) is 9.47 Å². The van der Waals surface area contributed by atoms with Crippen molar-refractivity contribution in [3.8, 4) is 0 Å². The van der Waals surface area contributed by atoms with Crippen LogP contribution in [-0.4, -0.2) is 45.2 Å². The Morgan fingerprint density at radius 3 is 2.47 bits per heavy atom. The summed E-state index contributed by atoms with van der Waals surface area (Å²) in [6.07, 6.45) is 0.744. The van der Waals surface area contributed by atoms with E-state index in [1.165, 1.54) is 0 Å². The topological polar surface area (TPSA) is 64.6 Å². The van der Waals surface area contributed by atoms with Gasteiger partial charge in [0.05, 0.1) is 19.8 Å². The van der Waals surface area contributed by atoms with Crippen LogP contribution in [0.5, 0.6) is 0 Å². The minimum absolute atomic E-state index is 0.175. The molecule has 1 rings (SSSR count). The average Bonchev–Trinajstić information content (AvgIpc) is 2.46. The van der Waals surface area contributed by atoms with Crippen LogP contribution in [0.4, 0.5) is 0 Å². The number of hydrogen-bond donors (Lipinski definition) is 1. The van der Waals surface area contributed by atoms with Crippen LogP contribution < -0.4 is 5.32 Å². The van der Waals surface area contributed by atoms with E-state index >= 15 is 0 Å². The van der Waals surface area contributed by atoms with Crippen molar-refractivity contribution in [3.05, 3.63) is 35.4 Å². The third-order valence-corrected chi connectivity index (χ3v) is 2.42. The SMILES string of the molecule is CCOCCOCCNC(=O)c1ccc(C=O)cc1. The second-order valence-corrected chi connectivity index (χ2v) is 3.81. The average molecular weight is 265 g/mol. The number of carbonyl (C=O) groups excluding carboxylic acids is 2. The maximum Gasteiger partial charge on any atom is 0.251 e. The van der Waals surface area contributed by atoms with E-state index in [0.717, 1.165) is 6.29 Å². The summed E-state index contributed by atoms with van der Waals surface area (Å²) in [5.74, 6) is -0.175. The molecule has 0 aliphatic heterocycles. The zero-order valence-corrected chi connectivity index (χ0v) is 11.1. The molecule has 104 valence electrons. The fourth-order valence-electron chi connectivity index (χ4n) is 1.42. The number of hydrogen-bond acceptors (Lipinski definition) is 4. The van der Waals surface area contributed by atoms with E-state index in [0.29, 0.717) is 44.1 Å². The summed E-state index contributed by atoms with van der Waals surface area (Å²) in [5.41, 5.74) is 1.08. The molecule has 0 fully saturated rings. The molecule has 1 aromatic carbocycles. The minimum Gasteiger partial charge on any atom is -0.379 e. The molecular formula is C14H19NO4. The normalized spacial score (nSPS) is 10.2. The van der Waals surface area contributed by atoms with Crippen LogP contribution >= 0.6 is 0 Å². The molecule has 1 amide bonds. The van der Waals surface area contributed by atoms with Crippen molar-refractivity contribution in [1.29, 1.82) is 0 Å². The number of nitrogens with one attached hydrogen (secondary N) is 1. The number of aldehydes is 1. The van der Waals surface area contributed by atoms with Crippen LogP contribution in [0, 0.1) is 0 Å². The van der Waals surface area contributed by atoms with Gasteiger partial charge >= 0.3 is 0 Å². The molecule has 1 aromatic rings. The summed E-state index contributed by atoms with van der Waals surface area (Å²) in [5, 5.41) is 2.73. The predicted molar refractivity (Wildman–Crippen MR) is 71.5 cm³/mol. The second kappa shape index (κ2) is 9.24. The first-order valence-electron chi connectivity index (χ1n) is 6.27. The molecule has 0 aromatic heterocycles. The van der Waals surface area contributed by atoms with Gasteiger partial charge < -0.3 is 14.8 Å². The summed E-state index contributed by atoms with van der Waals surface area (Å²) in [6.45, 7) is 4.59. The third-order valence-electron chi connectivity index (χ3n) is 2.42. The van der Waals surface area contributed by atoms with Crippen molar-refractivity contribution in [3.63, 3.8) is 0 Å². The molecule has 19 heavy (non-hydrogen) atoms. The lowest BCUT2D eigenvalue weighted by Crippen LogP contribution is -2.27. The van der Waals surface area contributed by atoms with Gasteiger partial charge in [0.2, 0.25) is 0 Å². The molecule has 5 heteroatoms. The van der Waals surface area contributed by atoms with Gasteiger partial charge in [0.25, 0.3) is 5.91 Å². The molecule has 0 radical (unpaired) electrons. The highest BCUT2D eigenvalue weighted by Crippen LogP contribution is 2.01. The first kappa shape index (κ1) is 15.3. The van der Waals surface area contributed by atoms with Gasteiger partial charge in [0.1, 0.15) is 6.29 Å². The van der Waals surface area contributed by atoms with Gasteiger partial charge in [0.15, 0.2) is 0 Å². The van der Waals surface area contributed by atoms with Crippen LogP contribution in [0.25, 0.3) is 0 Å². The molecule has 0 heterocycles. The van der Waals surface area contributed by atoms with Crippen molar-refractivity contribution in [2.45, 2.75) is 6.92 Å². The van der Waals surface area contributed by atoms with Crippen molar-refractivity contribution in [2.75, 3.05) is 33.0 Å². The number of carbonyl (C=O) groups is 2. The molecule has 0 unspecified atom stereocenters. The van der Waals surface area contributed by atoms with Crippen LogP contribution in [0.3, 0.4) is 0 Å². The fraction of sp³-hybridized carbons (Fsp3) is 0.429. The molecule has 0 aliphatic carbocycles. The Balaban J connectivity index is 2.18. The van der Waals surface area contributed by atoms with Gasteiger partial charge in [-0.25, -0.2) is 0 Å². The summed E-state index contributed by atoms with van der Waals surface area (Å²) in [4.78, 5) is 22.2. The first-order chi connectivity index (χ1) is 9.27. The van der Waals surface area contributed by atoms with E-state index in [2.05, 4.69) is 5.32 Å². The van der Waals surface area contributed by atoms with E-state index in [1.54, 1.807) is 24.3 Å². The smallest absolute Gasteiger partial charge is 0.251 e. The Labute approximate surface area is 112 Å². The van der Waals surface area contributed by atoms with Gasteiger partial charge in [-0.15, -0.1) is 0 Å². The summed E-state index contributed by atoms with van der Waals surface area (Å²) >= 11 is 0. The molecule has 0 saturated carbocycles. The molecule has 0 aliphatic rings. The lowest BCUT2D eigenvalue weighted by molar-refractivity contribution is 0.0531. The second-order valence-electron chi connectivity index (χ2n) is 3.81. The molecule has 0 spiro atoms. The van der Waals surface area contributed by atoms with Gasteiger partial charge in [-0.3, -0.25) is 9.59 Å². The maximum absolute atomic E-state index is 11.7. The maximum atomic E-state index is 11.7. The zero-order chi connectivity index (χ0) is 13.9. The third kappa shape index (κ3) is 6.13. The van der Waals surface area contributed by atoms with Crippen LogP contribution in [0.2, 0.25) is 0 Å². The molecule has 5 nitrogen and oxygen atoms in total. The fourth-order valence-corrected chi connectivity index (χ4v) is 1.42. The lowest BCUT2D eigenvalue weighted by Gasteiger charge is -2.06. The largest absolute Gasteiger partial charge is 0.379 e. The van der Waals surface area contributed by atoms with Crippen LogP contribution in [0.15, 0.2) is 24.3 Å². The monoisotopic (exact) mass is 265 g/mol. The Bertz CT molecular complexity index is 389. The summed E-state index contributed by atoms with van der Waals surface area (Å²) < 4.78 is 10.4. The quantitative estimate of drug-likeness (QED) is 0.539. The van der Waals surface area contributed by atoms with Crippen molar-refractivity contribution in [1.82, 2.24) is 5.32 Å². The molecule has 0 atom stereocenters. The Hall–Kier alpha value is -1.72. The van der Waals surface area contributed by atoms with Gasteiger partial charge in [-0.05, 0) is 19.1 Å². The van der Waals surface area contributed by atoms with E-state index in [1.807, 2.05) is 6.92 Å². The molecule has 1 N–H and O–H groups in total. The summed E-state index contributed by atoms with van der Waals surface area (Å²) in [6, 6.07) is 6.46. The van der Waals surface area contributed by atoms with Crippen molar-refractivity contribution < 1.29 is 19.1 Å².